The summed E-state index contributed by atoms with van der Waals surface area (Å²) in [7, 11) is 0. The Balaban J connectivity index is 1.56. The fourth-order valence-electron chi connectivity index (χ4n) is 2.36. The van der Waals surface area contributed by atoms with Crippen LogP contribution in [0.15, 0.2) is 35.7 Å². The zero-order chi connectivity index (χ0) is 14.7. The van der Waals surface area contributed by atoms with Gasteiger partial charge in [-0.15, -0.1) is 11.3 Å². The van der Waals surface area contributed by atoms with Crippen molar-refractivity contribution in [2.75, 3.05) is 6.54 Å². The summed E-state index contributed by atoms with van der Waals surface area (Å²) in [4.78, 5) is 9.00. The Bertz CT molecular complexity index is 749. The van der Waals surface area contributed by atoms with Crippen molar-refractivity contribution in [3.63, 3.8) is 0 Å². The maximum atomic E-state index is 4.53. The maximum Gasteiger partial charge on any atom is 0.0897 e. The minimum absolute atomic E-state index is 0.882. The summed E-state index contributed by atoms with van der Waals surface area (Å²) in [6, 6.07) is 10.7. The van der Waals surface area contributed by atoms with Gasteiger partial charge in [0, 0.05) is 36.0 Å². The molecule has 0 radical (unpaired) electrons. The number of rotatable bonds is 5. The van der Waals surface area contributed by atoms with Crippen LogP contribution in [-0.2, 0) is 13.0 Å². The molecule has 21 heavy (non-hydrogen) atoms. The molecule has 0 bridgehead atoms. The Morgan fingerprint density at radius 1 is 1.10 bits per heavy atom. The number of aromatic nitrogens is 2. The molecule has 3 aromatic rings. The molecule has 0 aliphatic carbocycles. The highest BCUT2D eigenvalue weighted by Crippen LogP contribution is 2.14. The molecular formula is C17H19N3S. The van der Waals surface area contributed by atoms with E-state index in [1.54, 1.807) is 11.3 Å². The van der Waals surface area contributed by atoms with E-state index < -0.39 is 0 Å². The van der Waals surface area contributed by atoms with E-state index >= 15 is 0 Å². The Kier molecular flexibility index (Phi) is 4.27. The minimum Gasteiger partial charge on any atom is -0.312 e. The molecule has 0 aliphatic heterocycles. The van der Waals surface area contributed by atoms with Crippen molar-refractivity contribution in [3.05, 3.63) is 57.7 Å². The van der Waals surface area contributed by atoms with Crippen LogP contribution in [0.4, 0.5) is 0 Å². The zero-order valence-electron chi connectivity index (χ0n) is 12.4. The van der Waals surface area contributed by atoms with Gasteiger partial charge < -0.3 is 5.32 Å². The average Bonchev–Trinajstić information content (AvgIpc) is 2.89. The molecule has 4 heteroatoms. The van der Waals surface area contributed by atoms with Crippen LogP contribution in [0.5, 0.6) is 0 Å². The second-order valence-corrected chi connectivity index (χ2v) is 6.33. The van der Waals surface area contributed by atoms with Gasteiger partial charge in [0.1, 0.15) is 0 Å². The summed E-state index contributed by atoms with van der Waals surface area (Å²) >= 11 is 1.72. The second-order valence-electron chi connectivity index (χ2n) is 5.26. The van der Waals surface area contributed by atoms with E-state index in [9.17, 15) is 0 Å². The van der Waals surface area contributed by atoms with Crippen molar-refractivity contribution in [3.8, 4) is 0 Å². The van der Waals surface area contributed by atoms with Crippen LogP contribution >= 0.6 is 11.3 Å². The Hall–Kier alpha value is -1.78. The lowest BCUT2D eigenvalue weighted by atomic mass is 10.1. The van der Waals surface area contributed by atoms with Crippen LogP contribution in [0.3, 0.4) is 0 Å². The Morgan fingerprint density at radius 3 is 2.81 bits per heavy atom. The first kappa shape index (κ1) is 14.2. The lowest BCUT2D eigenvalue weighted by molar-refractivity contribution is 0.681. The van der Waals surface area contributed by atoms with Crippen molar-refractivity contribution in [2.24, 2.45) is 0 Å². The molecule has 0 fully saturated rings. The molecule has 0 amide bonds. The molecule has 1 aromatic carbocycles. The molecule has 1 N–H and O–H groups in total. The summed E-state index contributed by atoms with van der Waals surface area (Å²) < 4.78 is 0. The maximum absolute atomic E-state index is 4.53. The molecule has 2 aromatic heterocycles. The molecule has 108 valence electrons. The Morgan fingerprint density at radius 2 is 2.00 bits per heavy atom. The third kappa shape index (κ3) is 3.65. The van der Waals surface area contributed by atoms with Gasteiger partial charge in [-0.3, -0.25) is 4.98 Å². The van der Waals surface area contributed by atoms with Gasteiger partial charge >= 0.3 is 0 Å². The van der Waals surface area contributed by atoms with E-state index in [2.05, 4.69) is 51.0 Å². The number of nitrogens with zero attached hydrogens (tertiary/aromatic N) is 2. The summed E-state index contributed by atoms with van der Waals surface area (Å²) in [5, 5.41) is 7.96. The molecule has 0 spiro atoms. The SMILES string of the molecule is Cc1ccc2cc(CNCCc3csc(C)n3)ccc2n1. The van der Waals surface area contributed by atoms with Gasteiger partial charge in [0.2, 0.25) is 0 Å². The highest BCUT2D eigenvalue weighted by Gasteiger charge is 2.00. The highest BCUT2D eigenvalue weighted by molar-refractivity contribution is 7.09. The van der Waals surface area contributed by atoms with Crippen LogP contribution in [0, 0.1) is 13.8 Å². The molecule has 0 unspecified atom stereocenters. The zero-order valence-corrected chi connectivity index (χ0v) is 13.2. The number of benzene rings is 1. The fraction of sp³-hybridized carbons (Fsp3) is 0.294. The molecule has 0 saturated carbocycles. The van der Waals surface area contributed by atoms with E-state index in [1.807, 2.05) is 13.8 Å². The van der Waals surface area contributed by atoms with Crippen molar-refractivity contribution in [1.29, 1.82) is 0 Å². The van der Waals surface area contributed by atoms with Crippen LogP contribution in [0.1, 0.15) is 22.0 Å². The average molecular weight is 297 g/mol. The van der Waals surface area contributed by atoms with Gasteiger partial charge in [0.25, 0.3) is 0 Å². The van der Waals surface area contributed by atoms with Crippen LogP contribution in [0.25, 0.3) is 10.9 Å². The van der Waals surface area contributed by atoms with Gasteiger partial charge in [-0.1, -0.05) is 12.1 Å². The number of nitrogens with one attached hydrogen (secondary N) is 1. The van der Waals surface area contributed by atoms with Crippen LogP contribution in [0.2, 0.25) is 0 Å². The summed E-state index contributed by atoms with van der Waals surface area (Å²) in [5.74, 6) is 0. The van der Waals surface area contributed by atoms with E-state index in [1.165, 1.54) is 16.6 Å². The third-order valence-electron chi connectivity index (χ3n) is 3.45. The van der Waals surface area contributed by atoms with E-state index in [0.717, 1.165) is 35.7 Å². The molecule has 0 atom stereocenters. The topological polar surface area (TPSA) is 37.8 Å². The van der Waals surface area contributed by atoms with Gasteiger partial charge in [0.05, 0.1) is 16.2 Å². The van der Waals surface area contributed by atoms with E-state index in [-0.39, 0.29) is 0 Å². The lowest BCUT2D eigenvalue weighted by Gasteiger charge is -2.06. The third-order valence-corrected chi connectivity index (χ3v) is 4.27. The molecular weight excluding hydrogens is 278 g/mol. The summed E-state index contributed by atoms with van der Waals surface area (Å²) in [6.45, 7) is 5.90. The number of hydrogen-bond donors (Lipinski definition) is 1. The number of thiazole rings is 1. The number of hydrogen-bond acceptors (Lipinski definition) is 4. The van der Waals surface area contributed by atoms with Gasteiger partial charge in [-0.2, -0.15) is 0 Å². The van der Waals surface area contributed by atoms with Crippen LogP contribution < -0.4 is 5.32 Å². The van der Waals surface area contributed by atoms with Gasteiger partial charge in [0.15, 0.2) is 0 Å². The van der Waals surface area contributed by atoms with Crippen molar-refractivity contribution in [2.45, 2.75) is 26.8 Å². The van der Waals surface area contributed by atoms with Crippen molar-refractivity contribution < 1.29 is 0 Å². The van der Waals surface area contributed by atoms with Gasteiger partial charge in [-0.05, 0) is 37.6 Å². The Labute approximate surface area is 129 Å². The van der Waals surface area contributed by atoms with E-state index in [0.29, 0.717) is 0 Å². The first-order valence-electron chi connectivity index (χ1n) is 7.19. The monoisotopic (exact) mass is 297 g/mol. The largest absolute Gasteiger partial charge is 0.312 e. The fourth-order valence-corrected chi connectivity index (χ4v) is 3.01. The number of fused-ring (bicyclic) bond motifs is 1. The van der Waals surface area contributed by atoms with E-state index in [4.69, 9.17) is 0 Å². The summed E-state index contributed by atoms with van der Waals surface area (Å²) in [6.07, 6.45) is 0.985. The predicted octanol–water partition coefficient (Wildman–Crippen LogP) is 3.64. The molecule has 0 saturated heterocycles. The number of pyridine rings is 1. The molecule has 0 aliphatic rings. The molecule has 2 heterocycles. The first-order chi connectivity index (χ1) is 10.2. The van der Waals surface area contributed by atoms with Crippen molar-refractivity contribution in [1.82, 2.24) is 15.3 Å². The normalized spacial score (nSPS) is 11.1. The second kappa shape index (κ2) is 6.33. The lowest BCUT2D eigenvalue weighted by Crippen LogP contribution is -2.16. The first-order valence-corrected chi connectivity index (χ1v) is 8.07. The van der Waals surface area contributed by atoms with Gasteiger partial charge in [-0.25, -0.2) is 4.98 Å². The quantitative estimate of drug-likeness (QED) is 0.731. The molecule has 3 rings (SSSR count). The van der Waals surface area contributed by atoms with Crippen LogP contribution in [-0.4, -0.2) is 16.5 Å². The van der Waals surface area contributed by atoms with Crippen molar-refractivity contribution >= 4 is 22.2 Å². The standard InChI is InChI=1S/C17H19N3S/c1-12-3-5-15-9-14(4-6-17(15)19-12)10-18-8-7-16-11-21-13(2)20-16/h3-6,9,11,18H,7-8,10H2,1-2H3. The highest BCUT2D eigenvalue weighted by atomic mass is 32.1. The number of aryl methyl sites for hydroxylation is 2. The minimum atomic E-state index is 0.882. The molecule has 3 nitrogen and oxygen atoms in total. The predicted molar refractivity (Wildman–Crippen MR) is 88.7 cm³/mol. The summed E-state index contributed by atoms with van der Waals surface area (Å²) in [5.41, 5.74) is 4.61. The smallest absolute Gasteiger partial charge is 0.0897 e.